The number of benzene rings is 1. The monoisotopic (exact) mass is 353 g/mol. The SMILES string of the molecule is Cn1cc(C(=O)O)cc(-c2nnc(C(C)(C)Cc3ccccc3)o2)c1=O. The first-order valence-electron chi connectivity index (χ1n) is 8.10. The van der Waals surface area contributed by atoms with Gasteiger partial charge in [-0.05, 0) is 18.1 Å². The fourth-order valence-electron chi connectivity index (χ4n) is 2.77. The summed E-state index contributed by atoms with van der Waals surface area (Å²) in [7, 11) is 1.48. The van der Waals surface area contributed by atoms with Gasteiger partial charge in [-0.25, -0.2) is 4.79 Å². The molecule has 1 N–H and O–H groups in total. The van der Waals surface area contributed by atoms with Gasteiger partial charge in [0.15, 0.2) is 0 Å². The number of rotatable bonds is 5. The Morgan fingerprint density at radius 3 is 2.58 bits per heavy atom. The van der Waals surface area contributed by atoms with Crippen LogP contribution in [0.1, 0.15) is 35.7 Å². The number of aryl methyl sites for hydroxylation is 1. The van der Waals surface area contributed by atoms with E-state index in [0.717, 1.165) is 5.56 Å². The molecule has 0 saturated heterocycles. The van der Waals surface area contributed by atoms with Gasteiger partial charge in [0.25, 0.3) is 11.4 Å². The smallest absolute Gasteiger partial charge is 0.337 e. The number of aromatic carboxylic acids is 1. The molecule has 0 atom stereocenters. The Hall–Kier alpha value is -3.22. The Bertz CT molecular complexity index is 1000. The number of pyridine rings is 1. The maximum atomic E-state index is 12.3. The predicted molar refractivity (Wildman–Crippen MR) is 95.1 cm³/mol. The molecule has 26 heavy (non-hydrogen) atoms. The van der Waals surface area contributed by atoms with Crippen LogP contribution in [-0.2, 0) is 18.9 Å². The number of carboxylic acid groups (broad SMARTS) is 1. The second kappa shape index (κ2) is 6.59. The average Bonchev–Trinajstić information content (AvgIpc) is 3.08. The van der Waals surface area contributed by atoms with E-state index in [1.54, 1.807) is 0 Å². The quantitative estimate of drug-likeness (QED) is 0.757. The van der Waals surface area contributed by atoms with Gasteiger partial charge in [-0.1, -0.05) is 44.2 Å². The van der Waals surface area contributed by atoms with Crippen molar-refractivity contribution in [3.63, 3.8) is 0 Å². The maximum Gasteiger partial charge on any atom is 0.337 e. The fraction of sp³-hybridized carbons (Fsp3) is 0.263. The topological polar surface area (TPSA) is 98.2 Å². The summed E-state index contributed by atoms with van der Waals surface area (Å²) in [5, 5.41) is 17.3. The van der Waals surface area contributed by atoms with Gasteiger partial charge in [0, 0.05) is 18.7 Å². The minimum absolute atomic E-state index is 0.0184. The molecule has 0 aliphatic rings. The molecule has 2 heterocycles. The highest BCUT2D eigenvalue weighted by Crippen LogP contribution is 2.28. The van der Waals surface area contributed by atoms with Gasteiger partial charge in [0.1, 0.15) is 5.56 Å². The summed E-state index contributed by atoms with van der Waals surface area (Å²) >= 11 is 0. The first-order valence-corrected chi connectivity index (χ1v) is 8.10. The van der Waals surface area contributed by atoms with Crippen LogP contribution in [0.15, 0.2) is 51.8 Å². The first kappa shape index (κ1) is 17.6. The lowest BCUT2D eigenvalue weighted by Crippen LogP contribution is -2.21. The van der Waals surface area contributed by atoms with Crippen LogP contribution in [0.5, 0.6) is 0 Å². The third-order valence-corrected chi connectivity index (χ3v) is 4.15. The lowest BCUT2D eigenvalue weighted by Gasteiger charge is -2.19. The molecular formula is C19H19N3O4. The van der Waals surface area contributed by atoms with E-state index in [2.05, 4.69) is 10.2 Å². The standard InChI is InChI=1S/C19H19N3O4/c1-19(2,10-12-7-5-4-6-8-12)18-21-20-15(26-18)14-9-13(17(24)25)11-22(3)16(14)23/h4-9,11H,10H2,1-3H3,(H,24,25). The van der Waals surface area contributed by atoms with E-state index in [0.29, 0.717) is 12.3 Å². The Labute approximate surface area is 149 Å². The molecule has 7 heteroatoms. The molecule has 7 nitrogen and oxygen atoms in total. The second-order valence-electron chi connectivity index (χ2n) is 6.82. The van der Waals surface area contributed by atoms with E-state index in [4.69, 9.17) is 4.42 Å². The van der Waals surface area contributed by atoms with Crippen LogP contribution in [0.4, 0.5) is 0 Å². The highest BCUT2D eigenvalue weighted by atomic mass is 16.4. The molecule has 0 fully saturated rings. The van der Waals surface area contributed by atoms with Crippen molar-refractivity contribution in [3.8, 4) is 11.5 Å². The van der Waals surface area contributed by atoms with E-state index in [9.17, 15) is 14.7 Å². The molecule has 3 rings (SSSR count). The first-order chi connectivity index (χ1) is 12.3. The molecule has 0 aliphatic heterocycles. The summed E-state index contributed by atoms with van der Waals surface area (Å²) in [4.78, 5) is 23.6. The Kier molecular flexibility index (Phi) is 4.46. The van der Waals surface area contributed by atoms with Gasteiger partial charge >= 0.3 is 5.97 Å². The van der Waals surface area contributed by atoms with E-state index in [1.165, 1.54) is 23.9 Å². The minimum Gasteiger partial charge on any atom is -0.478 e. The highest BCUT2D eigenvalue weighted by molar-refractivity contribution is 5.88. The number of hydrogen-bond donors (Lipinski definition) is 1. The molecule has 0 spiro atoms. The molecule has 1 aromatic carbocycles. The summed E-state index contributed by atoms with van der Waals surface area (Å²) in [6.45, 7) is 3.95. The summed E-state index contributed by atoms with van der Waals surface area (Å²) in [6, 6.07) is 11.2. The Morgan fingerprint density at radius 2 is 1.92 bits per heavy atom. The van der Waals surface area contributed by atoms with Crippen LogP contribution in [0.3, 0.4) is 0 Å². The van der Waals surface area contributed by atoms with Crippen molar-refractivity contribution >= 4 is 5.97 Å². The zero-order valence-corrected chi connectivity index (χ0v) is 14.8. The number of carboxylic acids is 1. The van der Waals surface area contributed by atoms with Gasteiger partial charge in [0.2, 0.25) is 5.89 Å². The molecular weight excluding hydrogens is 334 g/mol. The van der Waals surface area contributed by atoms with Gasteiger partial charge in [-0.3, -0.25) is 4.79 Å². The van der Waals surface area contributed by atoms with Gasteiger partial charge in [-0.15, -0.1) is 10.2 Å². The van der Waals surface area contributed by atoms with Gasteiger partial charge in [-0.2, -0.15) is 0 Å². The number of carbonyl (C=O) groups is 1. The van der Waals surface area contributed by atoms with Crippen LogP contribution < -0.4 is 5.56 Å². The minimum atomic E-state index is -1.13. The summed E-state index contributed by atoms with van der Waals surface area (Å²) in [6.07, 6.45) is 1.94. The predicted octanol–water partition coefficient (Wildman–Crippen LogP) is 2.65. The van der Waals surface area contributed by atoms with Crippen LogP contribution in [0.2, 0.25) is 0 Å². The fourth-order valence-corrected chi connectivity index (χ4v) is 2.77. The maximum absolute atomic E-state index is 12.3. The molecule has 0 amide bonds. The summed E-state index contributed by atoms with van der Waals surface area (Å²) in [5.74, 6) is -0.727. The van der Waals surface area contributed by atoms with Crippen molar-refractivity contribution in [2.24, 2.45) is 7.05 Å². The highest BCUT2D eigenvalue weighted by Gasteiger charge is 2.29. The molecule has 0 radical (unpaired) electrons. The third-order valence-electron chi connectivity index (χ3n) is 4.15. The number of hydrogen-bond acceptors (Lipinski definition) is 5. The van der Waals surface area contributed by atoms with Gasteiger partial charge < -0.3 is 14.1 Å². The summed E-state index contributed by atoms with van der Waals surface area (Å²) < 4.78 is 6.94. The lowest BCUT2D eigenvalue weighted by molar-refractivity contribution is 0.0696. The summed E-state index contributed by atoms with van der Waals surface area (Å²) in [5.41, 5.74) is 0.335. The van der Waals surface area contributed by atoms with Crippen LogP contribution >= 0.6 is 0 Å². The zero-order valence-electron chi connectivity index (χ0n) is 14.8. The second-order valence-corrected chi connectivity index (χ2v) is 6.82. The third kappa shape index (κ3) is 3.42. The Balaban J connectivity index is 1.98. The largest absolute Gasteiger partial charge is 0.478 e. The molecule has 3 aromatic rings. The van der Waals surface area contributed by atoms with Crippen LogP contribution in [0, 0.1) is 0 Å². The van der Waals surface area contributed by atoms with Crippen molar-refractivity contribution in [3.05, 3.63) is 70.0 Å². The van der Waals surface area contributed by atoms with Crippen LogP contribution in [0.25, 0.3) is 11.5 Å². The lowest BCUT2D eigenvalue weighted by atomic mass is 9.86. The van der Waals surface area contributed by atoms with Crippen molar-refractivity contribution in [1.82, 2.24) is 14.8 Å². The Morgan fingerprint density at radius 1 is 1.23 bits per heavy atom. The number of aromatic nitrogens is 3. The van der Waals surface area contributed by atoms with Crippen molar-refractivity contribution in [1.29, 1.82) is 0 Å². The van der Waals surface area contributed by atoms with Crippen molar-refractivity contribution in [2.75, 3.05) is 0 Å². The van der Waals surface area contributed by atoms with E-state index in [-0.39, 0.29) is 17.0 Å². The molecule has 0 saturated carbocycles. The van der Waals surface area contributed by atoms with Crippen molar-refractivity contribution < 1.29 is 14.3 Å². The molecule has 0 unspecified atom stereocenters. The molecule has 0 bridgehead atoms. The zero-order chi connectivity index (χ0) is 18.9. The van der Waals surface area contributed by atoms with E-state index < -0.39 is 16.9 Å². The normalized spacial score (nSPS) is 11.5. The van der Waals surface area contributed by atoms with Crippen molar-refractivity contribution in [2.45, 2.75) is 25.7 Å². The number of nitrogens with zero attached hydrogens (tertiary/aromatic N) is 3. The molecule has 134 valence electrons. The molecule has 2 aromatic heterocycles. The van der Waals surface area contributed by atoms with Crippen LogP contribution in [-0.4, -0.2) is 25.8 Å². The van der Waals surface area contributed by atoms with Gasteiger partial charge in [0.05, 0.1) is 5.56 Å². The van der Waals surface area contributed by atoms with E-state index >= 15 is 0 Å². The molecule has 0 aliphatic carbocycles. The average molecular weight is 353 g/mol. The van der Waals surface area contributed by atoms with E-state index in [1.807, 2.05) is 44.2 Å².